The van der Waals surface area contributed by atoms with Crippen LogP contribution in [0.15, 0.2) is 53.6 Å². The molecule has 2 atom stereocenters. The number of hydrogen-bond donors (Lipinski definition) is 1. The number of phosphoric acid groups is 1. The van der Waals surface area contributed by atoms with E-state index in [9.17, 15) is 13.6 Å². The highest BCUT2D eigenvalue weighted by atomic mass is 32.2. The Morgan fingerprint density at radius 3 is 2.39 bits per heavy atom. The molecular formula is C32H45N4O8PS. The lowest BCUT2D eigenvalue weighted by Crippen LogP contribution is -2.53. The molecule has 12 nitrogen and oxygen atoms in total. The zero-order chi connectivity index (χ0) is 33.3. The minimum absolute atomic E-state index is 0.198. The van der Waals surface area contributed by atoms with Gasteiger partial charge in [0.15, 0.2) is 6.73 Å². The first kappa shape index (κ1) is 34.5. The molecule has 14 heteroatoms. The number of benzene rings is 2. The summed E-state index contributed by atoms with van der Waals surface area (Å²) in [4.78, 5) is 14.5. The zero-order valence-electron chi connectivity index (χ0n) is 27.6. The third-order valence-corrected chi connectivity index (χ3v) is 10.7. The van der Waals surface area contributed by atoms with Crippen molar-refractivity contribution < 1.29 is 36.6 Å². The summed E-state index contributed by atoms with van der Waals surface area (Å²) in [6, 6.07) is 13.0. The van der Waals surface area contributed by atoms with Crippen molar-refractivity contribution in [3.8, 4) is 5.75 Å². The average molecular weight is 677 g/mol. The molecule has 1 aromatic heterocycles. The molecule has 46 heavy (non-hydrogen) atoms. The van der Waals surface area contributed by atoms with E-state index in [1.54, 1.807) is 65.6 Å². The predicted molar refractivity (Wildman–Crippen MR) is 175 cm³/mol. The van der Waals surface area contributed by atoms with Crippen LogP contribution in [0.3, 0.4) is 0 Å². The fourth-order valence-corrected chi connectivity index (χ4v) is 8.57. The topological polar surface area (TPSA) is 130 Å². The number of carbonyl (C=O) groups excluding carboxylic acids is 1. The molecule has 5 rings (SSSR count). The normalized spacial score (nSPS) is 19.1. The second kappa shape index (κ2) is 13.4. The predicted octanol–water partition coefficient (Wildman–Crippen LogP) is 6.88. The van der Waals surface area contributed by atoms with Gasteiger partial charge in [0.2, 0.25) is 0 Å². The van der Waals surface area contributed by atoms with E-state index in [0.717, 1.165) is 16.7 Å². The molecule has 0 radical (unpaired) electrons. The summed E-state index contributed by atoms with van der Waals surface area (Å²) in [5.74, 6) is 0.742. The molecule has 252 valence electrons. The lowest BCUT2D eigenvalue weighted by Gasteiger charge is -2.46. The number of likely N-dealkylation sites (tertiary alicyclic amines) is 1. The van der Waals surface area contributed by atoms with E-state index in [1.807, 2.05) is 36.4 Å². The third kappa shape index (κ3) is 8.37. The summed E-state index contributed by atoms with van der Waals surface area (Å²) < 4.78 is 61.3. The fraction of sp³-hybridized carbons (Fsp3) is 0.562. The van der Waals surface area contributed by atoms with E-state index >= 15 is 0 Å². The SMILES string of the molecule is CCOC(=O)N1CCC2(CC1)C[C@H](NS(=O)c1cccc3cn(COP(=O)(OC(C)(C)C)OC(C)(C)C)nc13)c1ccccc1O2. The average Bonchev–Trinajstić information content (AvgIpc) is 3.38. The maximum atomic E-state index is 14.0. The highest BCUT2D eigenvalue weighted by Gasteiger charge is 2.45. The second-order valence-corrected chi connectivity index (χ2v) is 16.4. The highest BCUT2D eigenvalue weighted by Crippen LogP contribution is 2.55. The Hall–Kier alpha value is -2.80. The van der Waals surface area contributed by atoms with Crippen LogP contribution in [0.25, 0.3) is 10.9 Å². The van der Waals surface area contributed by atoms with Crippen LogP contribution < -0.4 is 9.46 Å². The summed E-state index contributed by atoms with van der Waals surface area (Å²) in [5, 5.41) is 5.39. The monoisotopic (exact) mass is 676 g/mol. The molecule has 2 aliphatic heterocycles. The van der Waals surface area contributed by atoms with Crippen LogP contribution >= 0.6 is 7.82 Å². The molecule has 0 aliphatic carbocycles. The van der Waals surface area contributed by atoms with Gasteiger partial charge in [0.25, 0.3) is 0 Å². The van der Waals surface area contributed by atoms with Crippen LogP contribution in [0.1, 0.15) is 79.3 Å². The van der Waals surface area contributed by atoms with Crippen LogP contribution in [-0.4, -0.2) is 61.5 Å². The molecule has 2 aromatic carbocycles. The van der Waals surface area contributed by atoms with Crippen LogP contribution in [0.5, 0.6) is 5.75 Å². The van der Waals surface area contributed by atoms with Crippen molar-refractivity contribution in [2.75, 3.05) is 19.7 Å². The minimum Gasteiger partial charge on any atom is -0.487 e. The molecule has 1 N–H and O–H groups in total. The van der Waals surface area contributed by atoms with Gasteiger partial charge in [-0.1, -0.05) is 30.3 Å². The number of para-hydroxylation sites is 1. The van der Waals surface area contributed by atoms with Gasteiger partial charge in [0, 0.05) is 49.5 Å². The quantitative estimate of drug-likeness (QED) is 0.241. The van der Waals surface area contributed by atoms with Crippen molar-refractivity contribution in [3.63, 3.8) is 0 Å². The molecule has 1 spiro atoms. The van der Waals surface area contributed by atoms with E-state index in [0.29, 0.717) is 49.4 Å². The molecule has 1 unspecified atom stereocenters. The highest BCUT2D eigenvalue weighted by molar-refractivity contribution is 7.83. The second-order valence-electron chi connectivity index (χ2n) is 13.6. The maximum absolute atomic E-state index is 14.0. The Kier molecular flexibility index (Phi) is 10.0. The number of carbonyl (C=O) groups is 1. The Morgan fingerprint density at radius 1 is 1.07 bits per heavy atom. The van der Waals surface area contributed by atoms with Gasteiger partial charge in [-0.3, -0.25) is 13.6 Å². The Balaban J connectivity index is 1.34. The molecule has 1 fully saturated rings. The number of hydrogen-bond acceptors (Lipinski definition) is 9. The van der Waals surface area contributed by atoms with E-state index in [1.165, 1.54) is 4.68 Å². The molecule has 1 saturated heterocycles. The fourth-order valence-electron chi connectivity index (χ4n) is 5.69. The number of rotatable bonds is 9. The number of piperidine rings is 1. The number of aromatic nitrogens is 2. The van der Waals surface area contributed by atoms with Crippen molar-refractivity contribution in [1.29, 1.82) is 0 Å². The Labute approximate surface area is 273 Å². The number of nitrogens with one attached hydrogen (secondary N) is 1. The van der Waals surface area contributed by atoms with Gasteiger partial charge in [-0.05, 0) is 60.6 Å². The first-order valence-electron chi connectivity index (χ1n) is 15.6. The molecule has 0 bridgehead atoms. The first-order valence-corrected chi connectivity index (χ1v) is 18.2. The van der Waals surface area contributed by atoms with E-state index in [4.69, 9.17) is 23.0 Å². The number of ether oxygens (including phenoxy) is 2. The zero-order valence-corrected chi connectivity index (χ0v) is 29.3. The molecular weight excluding hydrogens is 631 g/mol. The number of phosphoric ester groups is 1. The van der Waals surface area contributed by atoms with E-state index in [2.05, 4.69) is 9.82 Å². The summed E-state index contributed by atoms with van der Waals surface area (Å²) >= 11 is 0. The van der Waals surface area contributed by atoms with E-state index < -0.39 is 35.6 Å². The third-order valence-electron chi connectivity index (χ3n) is 7.51. The Morgan fingerprint density at radius 2 is 1.74 bits per heavy atom. The van der Waals surface area contributed by atoms with Crippen LogP contribution in [0.2, 0.25) is 0 Å². The lowest BCUT2D eigenvalue weighted by atomic mass is 9.81. The largest absolute Gasteiger partial charge is 0.487 e. The standard InChI is InChI=1S/C32H45N4O8PS/c1-8-40-29(37)35-18-16-32(17-19-35)20-25(24-13-9-10-14-26(24)42-32)34-46(39)27-15-11-12-23-21-36(33-28(23)27)22-41-45(38,43-30(2,3)4)44-31(5,6)7/h9-15,21,25,34H,8,16-20,22H2,1-7H3/t25-,46?/m0/s1. The van der Waals surface area contributed by atoms with Crippen molar-refractivity contribution in [2.45, 2.75) is 102 Å². The Bertz CT molecular complexity index is 1600. The van der Waals surface area contributed by atoms with Gasteiger partial charge in [0.1, 0.15) is 27.9 Å². The van der Waals surface area contributed by atoms with Gasteiger partial charge in [-0.15, -0.1) is 0 Å². The van der Waals surface area contributed by atoms with Gasteiger partial charge in [0.05, 0.1) is 28.7 Å². The summed E-state index contributed by atoms with van der Waals surface area (Å²) in [5.41, 5.74) is -0.607. The lowest BCUT2D eigenvalue weighted by molar-refractivity contribution is -0.0219. The maximum Gasteiger partial charge on any atom is 0.477 e. The minimum atomic E-state index is -3.96. The molecule has 3 aromatic rings. The first-order chi connectivity index (χ1) is 21.6. The van der Waals surface area contributed by atoms with Gasteiger partial charge in [-0.25, -0.2) is 23.0 Å². The van der Waals surface area contributed by atoms with Gasteiger partial charge >= 0.3 is 13.9 Å². The summed E-state index contributed by atoms with van der Waals surface area (Å²) in [7, 11) is -5.61. The number of fused-ring (bicyclic) bond motifs is 2. The molecule has 0 saturated carbocycles. The van der Waals surface area contributed by atoms with Gasteiger partial charge < -0.3 is 14.4 Å². The van der Waals surface area contributed by atoms with Crippen molar-refractivity contribution >= 4 is 35.8 Å². The van der Waals surface area contributed by atoms with E-state index in [-0.39, 0.29) is 18.9 Å². The van der Waals surface area contributed by atoms with Crippen LogP contribution in [0.4, 0.5) is 4.79 Å². The van der Waals surface area contributed by atoms with Crippen LogP contribution in [0, 0.1) is 0 Å². The van der Waals surface area contributed by atoms with Crippen molar-refractivity contribution in [1.82, 2.24) is 19.4 Å². The summed E-state index contributed by atoms with van der Waals surface area (Å²) in [6.45, 7) is 13.6. The van der Waals surface area contributed by atoms with Crippen LogP contribution in [-0.2, 0) is 40.6 Å². The van der Waals surface area contributed by atoms with Crippen molar-refractivity contribution in [2.24, 2.45) is 0 Å². The van der Waals surface area contributed by atoms with Crippen molar-refractivity contribution in [3.05, 3.63) is 54.2 Å². The number of amides is 1. The molecule has 1 amide bonds. The van der Waals surface area contributed by atoms with Gasteiger partial charge in [-0.2, -0.15) is 5.10 Å². The smallest absolute Gasteiger partial charge is 0.477 e. The molecule has 3 heterocycles. The summed E-state index contributed by atoms with van der Waals surface area (Å²) in [6.07, 6.45) is 3.28. The molecule has 2 aliphatic rings. The number of nitrogens with zero attached hydrogens (tertiary/aromatic N) is 3.